The van der Waals surface area contributed by atoms with Gasteiger partial charge in [0.05, 0.1) is 23.8 Å². The maximum Gasteiger partial charge on any atom is 0.323 e. The quantitative estimate of drug-likeness (QED) is 0.113. The lowest BCUT2D eigenvalue weighted by atomic mass is 10.0. The number of aryl methyl sites for hydroxylation is 1. The fourth-order valence-electron chi connectivity index (χ4n) is 4.55. The first kappa shape index (κ1) is 29.7. The van der Waals surface area contributed by atoms with E-state index in [1.54, 1.807) is 10.6 Å². The number of carbonyl (C=O) groups is 2. The van der Waals surface area contributed by atoms with Crippen molar-refractivity contribution in [3.05, 3.63) is 94.4 Å². The van der Waals surface area contributed by atoms with Crippen LogP contribution in [0.1, 0.15) is 42.4 Å². The first-order valence-electron chi connectivity index (χ1n) is 13.3. The molecule has 0 amide bonds. The Kier molecular flexibility index (Phi) is 10.4. The first-order chi connectivity index (χ1) is 19.8. The molecule has 0 aliphatic heterocycles. The summed E-state index contributed by atoms with van der Waals surface area (Å²) < 4.78 is 26.7. The molecular formula is C32H31ClFNO6. The van der Waals surface area contributed by atoms with Gasteiger partial charge in [-0.05, 0) is 66.6 Å². The number of halogens is 2. The summed E-state index contributed by atoms with van der Waals surface area (Å²) in [5, 5.41) is 19.6. The fourth-order valence-corrected chi connectivity index (χ4v) is 4.76. The number of rotatable bonds is 15. The third kappa shape index (κ3) is 8.35. The Morgan fingerprint density at radius 3 is 2.32 bits per heavy atom. The number of benzene rings is 3. The van der Waals surface area contributed by atoms with E-state index in [1.807, 2.05) is 60.8 Å². The second-order valence-electron chi connectivity index (χ2n) is 9.52. The molecule has 4 rings (SSSR count). The maximum absolute atomic E-state index is 13.7. The number of carboxylic acid groups (broad SMARTS) is 2. The molecule has 0 bridgehead atoms. The Labute approximate surface area is 242 Å². The Hall–Kier alpha value is -4.30. The van der Waals surface area contributed by atoms with Crippen molar-refractivity contribution in [2.24, 2.45) is 0 Å². The number of aliphatic carboxylic acids is 2. The minimum absolute atomic E-state index is 0.0597. The van der Waals surface area contributed by atoms with Gasteiger partial charge >= 0.3 is 11.9 Å². The lowest BCUT2D eigenvalue weighted by molar-refractivity contribution is -0.138. The number of hydrogen-bond donors (Lipinski definition) is 2. The number of unbranched alkanes of at least 4 members (excludes halogenated alkanes) is 1. The van der Waals surface area contributed by atoms with Gasteiger partial charge in [0.25, 0.3) is 0 Å². The van der Waals surface area contributed by atoms with Crippen LogP contribution in [0.25, 0.3) is 23.1 Å². The SMILES string of the molecule is O=C(O)CCCc1cn(CC(=O)O)c2c(C=Cc3ccc(OCCCCOc4c(F)cccc4Cl)cc3)cccc12. The molecule has 0 radical (unpaired) electrons. The van der Waals surface area contributed by atoms with Gasteiger partial charge in [0.2, 0.25) is 0 Å². The third-order valence-corrected chi connectivity index (χ3v) is 6.76. The molecule has 0 aliphatic carbocycles. The van der Waals surface area contributed by atoms with Crippen LogP contribution in [0.3, 0.4) is 0 Å². The molecule has 9 heteroatoms. The summed E-state index contributed by atoms with van der Waals surface area (Å²) in [5.41, 5.74) is 3.55. The predicted octanol–water partition coefficient (Wildman–Crippen LogP) is 7.33. The molecule has 0 unspecified atom stereocenters. The Morgan fingerprint density at radius 1 is 0.878 bits per heavy atom. The highest BCUT2D eigenvalue weighted by Gasteiger charge is 2.14. The molecule has 4 aromatic rings. The molecule has 0 spiro atoms. The Balaban J connectivity index is 1.34. The lowest BCUT2D eigenvalue weighted by Gasteiger charge is -2.09. The minimum atomic E-state index is -0.949. The molecule has 2 N–H and O–H groups in total. The van der Waals surface area contributed by atoms with Crippen LogP contribution >= 0.6 is 11.6 Å². The summed E-state index contributed by atoms with van der Waals surface area (Å²) in [7, 11) is 0. The van der Waals surface area contributed by atoms with Crippen molar-refractivity contribution >= 4 is 46.6 Å². The normalized spacial score (nSPS) is 11.3. The fraction of sp³-hybridized carbons (Fsp3) is 0.250. The average molecular weight is 580 g/mol. The van der Waals surface area contributed by atoms with Crippen molar-refractivity contribution in [1.29, 1.82) is 0 Å². The van der Waals surface area contributed by atoms with Crippen molar-refractivity contribution < 1.29 is 33.7 Å². The largest absolute Gasteiger partial charge is 0.494 e. The highest BCUT2D eigenvalue weighted by Crippen LogP contribution is 2.29. The molecule has 3 aromatic carbocycles. The number of hydrogen-bond acceptors (Lipinski definition) is 4. The molecule has 1 aromatic heterocycles. The van der Waals surface area contributed by atoms with Gasteiger partial charge in [-0.2, -0.15) is 0 Å². The number of para-hydroxylation sites is 2. The summed E-state index contributed by atoms with van der Waals surface area (Å²) in [6, 6.07) is 17.8. The third-order valence-electron chi connectivity index (χ3n) is 6.46. The maximum atomic E-state index is 13.7. The summed E-state index contributed by atoms with van der Waals surface area (Å²) in [5.74, 6) is -1.48. The van der Waals surface area contributed by atoms with E-state index in [0.29, 0.717) is 32.5 Å². The molecule has 41 heavy (non-hydrogen) atoms. The van der Waals surface area contributed by atoms with Gasteiger partial charge in [0, 0.05) is 18.0 Å². The van der Waals surface area contributed by atoms with Crippen LogP contribution < -0.4 is 9.47 Å². The van der Waals surface area contributed by atoms with Crippen LogP contribution in [-0.2, 0) is 22.6 Å². The van der Waals surface area contributed by atoms with Crippen LogP contribution in [0.5, 0.6) is 11.5 Å². The van der Waals surface area contributed by atoms with E-state index in [1.165, 1.54) is 12.1 Å². The van der Waals surface area contributed by atoms with Gasteiger partial charge < -0.3 is 24.3 Å². The highest BCUT2D eigenvalue weighted by atomic mass is 35.5. The zero-order valence-corrected chi connectivity index (χ0v) is 23.1. The second kappa shape index (κ2) is 14.4. The van der Waals surface area contributed by atoms with Crippen molar-refractivity contribution in [3.63, 3.8) is 0 Å². The smallest absolute Gasteiger partial charge is 0.323 e. The van der Waals surface area contributed by atoms with E-state index in [4.69, 9.17) is 26.2 Å². The summed E-state index contributed by atoms with van der Waals surface area (Å²) >= 11 is 5.96. The standard InChI is InChI=1S/C32H31ClFNO6/c33-27-9-5-10-28(34)32(27)41-19-2-1-18-40-25-16-13-22(14-17-25)12-15-23-6-3-8-26-24(7-4-11-29(36)37)20-35(31(23)26)21-30(38)39/h3,5-6,8-10,12-17,20H,1-2,4,7,11,18-19,21H2,(H,36,37)(H,38,39). The van der Waals surface area contributed by atoms with Crippen molar-refractivity contribution in [1.82, 2.24) is 4.57 Å². The first-order valence-corrected chi connectivity index (χ1v) is 13.7. The van der Waals surface area contributed by atoms with Crippen molar-refractivity contribution in [2.45, 2.75) is 38.6 Å². The van der Waals surface area contributed by atoms with E-state index in [2.05, 4.69) is 0 Å². The number of ether oxygens (including phenoxy) is 2. The summed E-state index contributed by atoms with van der Waals surface area (Å²) in [4.78, 5) is 22.4. The van der Waals surface area contributed by atoms with Gasteiger partial charge in [-0.25, -0.2) is 4.39 Å². The number of fused-ring (bicyclic) bond motifs is 1. The Bertz CT molecular complexity index is 1510. The number of carboxylic acids is 2. The van der Waals surface area contributed by atoms with Crippen molar-refractivity contribution in [3.8, 4) is 11.5 Å². The van der Waals surface area contributed by atoms with Gasteiger partial charge in [-0.3, -0.25) is 9.59 Å². The van der Waals surface area contributed by atoms with Crippen LogP contribution in [-0.4, -0.2) is 39.9 Å². The molecule has 0 aliphatic rings. The molecular weight excluding hydrogens is 549 g/mol. The molecule has 0 saturated carbocycles. The summed E-state index contributed by atoms with van der Waals surface area (Å²) in [6.07, 6.45) is 8.21. The minimum Gasteiger partial charge on any atom is -0.494 e. The van der Waals surface area contributed by atoms with Crippen LogP contribution in [0, 0.1) is 5.82 Å². The van der Waals surface area contributed by atoms with Gasteiger partial charge in [-0.1, -0.05) is 60.2 Å². The van der Waals surface area contributed by atoms with E-state index < -0.39 is 17.8 Å². The summed E-state index contributed by atoms with van der Waals surface area (Å²) in [6.45, 7) is 0.635. The van der Waals surface area contributed by atoms with Crippen LogP contribution in [0.15, 0.2) is 66.9 Å². The van der Waals surface area contributed by atoms with Gasteiger partial charge in [0.15, 0.2) is 11.6 Å². The number of nitrogens with zero attached hydrogens (tertiary/aromatic N) is 1. The van der Waals surface area contributed by atoms with E-state index in [9.17, 15) is 19.1 Å². The zero-order chi connectivity index (χ0) is 29.2. The van der Waals surface area contributed by atoms with Crippen molar-refractivity contribution in [2.75, 3.05) is 13.2 Å². The van der Waals surface area contributed by atoms with Gasteiger partial charge in [0.1, 0.15) is 12.3 Å². The topological polar surface area (TPSA) is 98.0 Å². The van der Waals surface area contributed by atoms with Gasteiger partial charge in [-0.15, -0.1) is 0 Å². The molecule has 0 atom stereocenters. The lowest BCUT2D eigenvalue weighted by Crippen LogP contribution is -2.07. The Morgan fingerprint density at radius 2 is 1.61 bits per heavy atom. The second-order valence-corrected chi connectivity index (χ2v) is 9.93. The van der Waals surface area contributed by atoms with Crippen LogP contribution in [0.2, 0.25) is 5.02 Å². The molecule has 7 nitrogen and oxygen atoms in total. The molecule has 1 heterocycles. The highest BCUT2D eigenvalue weighted by molar-refractivity contribution is 6.32. The zero-order valence-electron chi connectivity index (χ0n) is 22.4. The van der Waals surface area contributed by atoms with Crippen LogP contribution in [0.4, 0.5) is 4.39 Å². The number of aromatic nitrogens is 1. The predicted molar refractivity (Wildman–Crippen MR) is 157 cm³/mol. The molecule has 214 valence electrons. The monoisotopic (exact) mass is 579 g/mol. The van der Waals surface area contributed by atoms with E-state index in [-0.39, 0.29) is 23.7 Å². The molecule has 0 saturated heterocycles. The van der Waals surface area contributed by atoms with E-state index >= 15 is 0 Å². The average Bonchev–Trinajstić information content (AvgIpc) is 3.28. The van der Waals surface area contributed by atoms with E-state index in [0.717, 1.165) is 39.8 Å². The molecule has 0 fully saturated rings.